The molecule has 2 aromatic carbocycles. The lowest BCUT2D eigenvalue weighted by Gasteiger charge is -2.05. The van der Waals surface area contributed by atoms with Crippen LogP contribution in [0.3, 0.4) is 0 Å². The molecule has 0 aliphatic carbocycles. The minimum absolute atomic E-state index is 0. The highest BCUT2D eigenvalue weighted by Crippen LogP contribution is 2.16. The third kappa shape index (κ3) is 3.29. The molecule has 2 rings (SSSR count). The largest absolute Gasteiger partial charge is 0.399 e. The second-order valence-electron chi connectivity index (χ2n) is 3.11. The molecule has 0 fully saturated rings. The molecule has 0 saturated carbocycles. The van der Waals surface area contributed by atoms with E-state index in [0.717, 1.165) is 17.1 Å². The van der Waals surface area contributed by atoms with Gasteiger partial charge in [0.15, 0.2) is 0 Å². The lowest BCUT2D eigenvalue weighted by Crippen LogP contribution is -1.90. The number of hydrogen-bond acceptors (Lipinski definition) is 2. The average Bonchev–Trinajstić information content (AvgIpc) is 2.23. The second kappa shape index (κ2) is 5.41. The molecule has 0 saturated heterocycles. The molecule has 2 aromatic rings. The lowest BCUT2D eigenvalue weighted by atomic mass is 10.2. The standard InChI is InChI=1S/C12H12N2.BrH/c13-10-6-8-12(9-7-10)14-11-4-2-1-3-5-11;/h1-9,14H,13H2;1H. The SMILES string of the molecule is Br.Nc1ccc(Nc2ccccc2)cc1. The van der Waals surface area contributed by atoms with Gasteiger partial charge in [-0.2, -0.15) is 0 Å². The highest BCUT2D eigenvalue weighted by Gasteiger charge is 1.92. The zero-order chi connectivity index (χ0) is 9.80. The number of nitrogens with one attached hydrogen (secondary N) is 1. The van der Waals surface area contributed by atoms with E-state index in [9.17, 15) is 0 Å². The fourth-order valence-corrected chi connectivity index (χ4v) is 1.25. The Morgan fingerprint density at radius 3 is 1.87 bits per heavy atom. The van der Waals surface area contributed by atoms with E-state index in [-0.39, 0.29) is 17.0 Å². The number of rotatable bonds is 2. The molecule has 15 heavy (non-hydrogen) atoms. The van der Waals surface area contributed by atoms with Gasteiger partial charge in [-0.1, -0.05) is 18.2 Å². The molecule has 0 bridgehead atoms. The molecule has 0 heterocycles. The number of nitrogens with two attached hydrogens (primary N) is 1. The van der Waals surface area contributed by atoms with Crippen molar-refractivity contribution < 1.29 is 0 Å². The van der Waals surface area contributed by atoms with E-state index in [1.165, 1.54) is 0 Å². The molecular weight excluding hydrogens is 252 g/mol. The number of nitrogen functional groups attached to an aromatic ring is 1. The second-order valence-corrected chi connectivity index (χ2v) is 3.11. The van der Waals surface area contributed by atoms with E-state index in [0.29, 0.717) is 0 Å². The van der Waals surface area contributed by atoms with Crippen molar-refractivity contribution in [3.8, 4) is 0 Å². The predicted octanol–water partition coefficient (Wildman–Crippen LogP) is 3.59. The molecule has 2 nitrogen and oxygen atoms in total. The topological polar surface area (TPSA) is 38.0 Å². The van der Waals surface area contributed by atoms with Crippen molar-refractivity contribution in [1.82, 2.24) is 0 Å². The van der Waals surface area contributed by atoms with Gasteiger partial charge in [0.2, 0.25) is 0 Å². The number of para-hydroxylation sites is 1. The van der Waals surface area contributed by atoms with E-state index >= 15 is 0 Å². The van der Waals surface area contributed by atoms with Gasteiger partial charge in [0.25, 0.3) is 0 Å². The van der Waals surface area contributed by atoms with E-state index < -0.39 is 0 Å². The van der Waals surface area contributed by atoms with E-state index in [1.54, 1.807) is 0 Å². The van der Waals surface area contributed by atoms with E-state index in [4.69, 9.17) is 5.73 Å². The zero-order valence-electron chi connectivity index (χ0n) is 8.18. The van der Waals surface area contributed by atoms with Gasteiger partial charge in [0.1, 0.15) is 0 Å². The maximum atomic E-state index is 5.59. The molecule has 3 heteroatoms. The van der Waals surface area contributed by atoms with Crippen molar-refractivity contribution in [2.45, 2.75) is 0 Å². The maximum Gasteiger partial charge on any atom is 0.0385 e. The zero-order valence-corrected chi connectivity index (χ0v) is 9.89. The number of anilines is 3. The van der Waals surface area contributed by atoms with Gasteiger partial charge < -0.3 is 11.1 Å². The van der Waals surface area contributed by atoms with Gasteiger partial charge in [-0.15, -0.1) is 17.0 Å². The summed E-state index contributed by atoms with van der Waals surface area (Å²) in [4.78, 5) is 0. The van der Waals surface area contributed by atoms with Gasteiger partial charge in [0, 0.05) is 17.1 Å². The molecular formula is C12H13BrN2. The van der Waals surface area contributed by atoms with Gasteiger partial charge in [-0.05, 0) is 36.4 Å². The summed E-state index contributed by atoms with van der Waals surface area (Å²) in [5, 5.41) is 3.28. The third-order valence-corrected chi connectivity index (χ3v) is 1.97. The van der Waals surface area contributed by atoms with Crippen LogP contribution in [0.1, 0.15) is 0 Å². The summed E-state index contributed by atoms with van der Waals surface area (Å²) in [5.41, 5.74) is 8.50. The maximum absolute atomic E-state index is 5.59. The third-order valence-electron chi connectivity index (χ3n) is 1.97. The van der Waals surface area contributed by atoms with Gasteiger partial charge in [-0.25, -0.2) is 0 Å². The summed E-state index contributed by atoms with van der Waals surface area (Å²) in [6.07, 6.45) is 0. The van der Waals surface area contributed by atoms with Crippen LogP contribution < -0.4 is 11.1 Å². The molecule has 0 atom stereocenters. The van der Waals surface area contributed by atoms with Crippen LogP contribution in [0.15, 0.2) is 54.6 Å². The highest BCUT2D eigenvalue weighted by atomic mass is 79.9. The van der Waals surface area contributed by atoms with Crippen molar-refractivity contribution in [2.24, 2.45) is 0 Å². The number of hydrogen-bond donors (Lipinski definition) is 2. The fraction of sp³-hybridized carbons (Fsp3) is 0. The lowest BCUT2D eigenvalue weighted by molar-refractivity contribution is 1.55. The van der Waals surface area contributed by atoms with Crippen LogP contribution in [-0.4, -0.2) is 0 Å². The Labute approximate surface area is 99.9 Å². The Hall–Kier alpha value is -1.48. The van der Waals surface area contributed by atoms with Crippen LogP contribution in [0, 0.1) is 0 Å². The molecule has 0 aliphatic heterocycles. The summed E-state index contributed by atoms with van der Waals surface area (Å²) in [7, 11) is 0. The van der Waals surface area contributed by atoms with Crippen LogP contribution in [0.25, 0.3) is 0 Å². The van der Waals surface area contributed by atoms with Gasteiger partial charge in [0.05, 0.1) is 0 Å². The van der Waals surface area contributed by atoms with Crippen molar-refractivity contribution in [1.29, 1.82) is 0 Å². The summed E-state index contributed by atoms with van der Waals surface area (Å²) in [6.45, 7) is 0. The Balaban J connectivity index is 0.00000112. The number of benzene rings is 2. The first kappa shape index (κ1) is 11.6. The Kier molecular flexibility index (Phi) is 4.18. The van der Waals surface area contributed by atoms with Crippen molar-refractivity contribution in [2.75, 3.05) is 11.1 Å². The molecule has 0 radical (unpaired) electrons. The normalized spacial score (nSPS) is 9.07. The fourth-order valence-electron chi connectivity index (χ4n) is 1.25. The summed E-state index contributed by atoms with van der Waals surface area (Å²) in [6, 6.07) is 17.7. The summed E-state index contributed by atoms with van der Waals surface area (Å²) < 4.78 is 0. The van der Waals surface area contributed by atoms with Crippen LogP contribution in [0.4, 0.5) is 17.1 Å². The van der Waals surface area contributed by atoms with Crippen LogP contribution in [-0.2, 0) is 0 Å². The van der Waals surface area contributed by atoms with Crippen LogP contribution in [0.5, 0.6) is 0 Å². The molecule has 0 unspecified atom stereocenters. The minimum Gasteiger partial charge on any atom is -0.399 e. The Morgan fingerprint density at radius 1 is 0.733 bits per heavy atom. The average molecular weight is 265 g/mol. The molecule has 3 N–H and O–H groups in total. The van der Waals surface area contributed by atoms with Gasteiger partial charge >= 0.3 is 0 Å². The first-order chi connectivity index (χ1) is 6.84. The first-order valence-electron chi connectivity index (χ1n) is 4.52. The quantitative estimate of drug-likeness (QED) is 0.814. The molecule has 0 spiro atoms. The predicted molar refractivity (Wildman–Crippen MR) is 70.9 cm³/mol. The van der Waals surface area contributed by atoms with E-state index in [1.807, 2.05) is 54.6 Å². The molecule has 78 valence electrons. The Morgan fingerprint density at radius 2 is 1.27 bits per heavy atom. The summed E-state index contributed by atoms with van der Waals surface area (Å²) in [5.74, 6) is 0. The van der Waals surface area contributed by atoms with Crippen LogP contribution in [0.2, 0.25) is 0 Å². The van der Waals surface area contributed by atoms with Crippen molar-refractivity contribution in [3.05, 3.63) is 54.6 Å². The highest BCUT2D eigenvalue weighted by molar-refractivity contribution is 8.93. The monoisotopic (exact) mass is 264 g/mol. The van der Waals surface area contributed by atoms with Crippen molar-refractivity contribution in [3.63, 3.8) is 0 Å². The first-order valence-corrected chi connectivity index (χ1v) is 4.52. The smallest absolute Gasteiger partial charge is 0.0385 e. The van der Waals surface area contributed by atoms with Crippen LogP contribution >= 0.6 is 17.0 Å². The van der Waals surface area contributed by atoms with E-state index in [2.05, 4.69) is 5.32 Å². The number of halogens is 1. The Bertz CT molecular complexity index is 398. The minimum atomic E-state index is 0. The molecule has 0 amide bonds. The van der Waals surface area contributed by atoms with Gasteiger partial charge in [-0.3, -0.25) is 0 Å². The molecule has 0 aliphatic rings. The summed E-state index contributed by atoms with van der Waals surface area (Å²) >= 11 is 0. The molecule has 0 aromatic heterocycles. The van der Waals surface area contributed by atoms with Crippen molar-refractivity contribution >= 4 is 34.0 Å².